The maximum absolute atomic E-state index is 12.7. The Labute approximate surface area is 165 Å². The Hall–Kier alpha value is -2.17. The van der Waals surface area contributed by atoms with E-state index in [4.69, 9.17) is 4.74 Å². The van der Waals surface area contributed by atoms with Crippen LogP contribution < -0.4 is 10.6 Å². The van der Waals surface area contributed by atoms with Crippen LogP contribution in [0.5, 0.6) is 0 Å². The van der Waals surface area contributed by atoms with E-state index in [9.17, 15) is 18.0 Å². The van der Waals surface area contributed by atoms with Crippen LogP contribution in [0.25, 0.3) is 0 Å². The normalized spacial score (nSPS) is 17.8. The fraction of sp³-hybridized carbons (Fsp3) is 0.556. The smallest absolute Gasteiger partial charge is 0.243 e. The molecule has 1 aliphatic heterocycles. The Morgan fingerprint density at radius 3 is 2.64 bits per heavy atom. The molecule has 10 heteroatoms. The third kappa shape index (κ3) is 5.43. The lowest BCUT2D eigenvalue weighted by Crippen LogP contribution is -2.41. The Bertz CT molecular complexity index is 819. The molecule has 2 aliphatic rings. The summed E-state index contributed by atoms with van der Waals surface area (Å²) in [7, 11) is -2.03. The number of likely N-dealkylation sites (N-methyl/N-ethyl adjacent to an activating group) is 1. The van der Waals surface area contributed by atoms with E-state index in [0.29, 0.717) is 32.0 Å². The van der Waals surface area contributed by atoms with Crippen LogP contribution in [0.4, 0.5) is 5.69 Å². The highest BCUT2D eigenvalue weighted by atomic mass is 32.2. The zero-order valence-electron chi connectivity index (χ0n) is 15.9. The van der Waals surface area contributed by atoms with Crippen LogP contribution in [0.2, 0.25) is 0 Å². The Morgan fingerprint density at radius 1 is 1.25 bits per heavy atom. The summed E-state index contributed by atoms with van der Waals surface area (Å²) in [4.78, 5) is 25.5. The highest BCUT2D eigenvalue weighted by Crippen LogP contribution is 2.20. The molecule has 1 aromatic carbocycles. The van der Waals surface area contributed by atoms with E-state index < -0.39 is 10.0 Å². The van der Waals surface area contributed by atoms with E-state index in [2.05, 4.69) is 10.6 Å². The van der Waals surface area contributed by atoms with Crippen LogP contribution in [0.1, 0.15) is 12.8 Å². The van der Waals surface area contributed by atoms with Gasteiger partial charge in [0, 0.05) is 31.9 Å². The summed E-state index contributed by atoms with van der Waals surface area (Å²) in [6, 6.07) is 6.63. The van der Waals surface area contributed by atoms with Gasteiger partial charge < -0.3 is 20.3 Å². The fourth-order valence-electron chi connectivity index (χ4n) is 2.82. The molecule has 2 N–H and O–H groups in total. The number of amides is 2. The number of nitrogens with one attached hydrogen (secondary N) is 2. The molecular formula is C18H26N4O5S. The van der Waals surface area contributed by atoms with Crippen LogP contribution in [-0.2, 0) is 24.3 Å². The Morgan fingerprint density at radius 2 is 1.96 bits per heavy atom. The van der Waals surface area contributed by atoms with Crippen molar-refractivity contribution in [2.24, 2.45) is 0 Å². The monoisotopic (exact) mass is 410 g/mol. The molecule has 154 valence electrons. The topological polar surface area (TPSA) is 108 Å². The minimum Gasteiger partial charge on any atom is -0.379 e. The second-order valence-corrected chi connectivity index (χ2v) is 8.93. The summed E-state index contributed by atoms with van der Waals surface area (Å²) >= 11 is 0. The lowest BCUT2D eigenvalue weighted by molar-refractivity contribution is -0.133. The van der Waals surface area contributed by atoms with Crippen molar-refractivity contribution in [3.05, 3.63) is 24.3 Å². The highest BCUT2D eigenvalue weighted by molar-refractivity contribution is 7.89. The number of ether oxygens (including phenoxy) is 1. The van der Waals surface area contributed by atoms with Gasteiger partial charge in [0.1, 0.15) is 0 Å². The number of rotatable bonds is 8. The summed E-state index contributed by atoms with van der Waals surface area (Å²) in [5, 5.41) is 5.77. The quantitative estimate of drug-likeness (QED) is 0.617. The summed E-state index contributed by atoms with van der Waals surface area (Å²) in [6.07, 6.45) is 1.99. The number of morpholine rings is 1. The number of anilines is 1. The summed E-state index contributed by atoms with van der Waals surface area (Å²) < 4.78 is 32.0. The molecule has 2 fully saturated rings. The van der Waals surface area contributed by atoms with Crippen molar-refractivity contribution in [3.63, 3.8) is 0 Å². The first kappa shape index (κ1) is 20.6. The number of nitrogens with zero attached hydrogens (tertiary/aromatic N) is 2. The molecule has 0 aromatic heterocycles. The standard InChI is InChI=1S/C18H26N4O5S/c1-21(13-17(23)20-14-5-6-14)18(24)12-19-15-3-2-4-16(11-15)28(25,26)22-7-9-27-10-8-22/h2-4,11,14,19H,5-10,12-13H2,1H3,(H,20,23). The zero-order chi connectivity index (χ0) is 20.1. The van der Waals surface area contributed by atoms with E-state index >= 15 is 0 Å². The number of hydrogen-bond donors (Lipinski definition) is 2. The van der Waals surface area contributed by atoms with Crippen molar-refractivity contribution < 1.29 is 22.7 Å². The van der Waals surface area contributed by atoms with Gasteiger partial charge in [0.15, 0.2) is 0 Å². The van der Waals surface area contributed by atoms with Gasteiger partial charge in [0.25, 0.3) is 0 Å². The number of carbonyl (C=O) groups excluding carboxylic acids is 2. The third-order valence-electron chi connectivity index (χ3n) is 4.63. The lowest BCUT2D eigenvalue weighted by atomic mass is 10.3. The molecule has 0 atom stereocenters. The number of carbonyl (C=O) groups is 2. The second kappa shape index (κ2) is 8.89. The molecule has 3 rings (SSSR count). The number of benzene rings is 1. The van der Waals surface area contributed by atoms with Crippen molar-refractivity contribution >= 4 is 27.5 Å². The Balaban J connectivity index is 1.55. The van der Waals surface area contributed by atoms with Gasteiger partial charge in [0.05, 0.1) is 31.2 Å². The summed E-state index contributed by atoms with van der Waals surface area (Å²) in [6.45, 7) is 1.38. The van der Waals surface area contributed by atoms with E-state index in [-0.39, 0.29) is 35.8 Å². The van der Waals surface area contributed by atoms with Gasteiger partial charge in [-0.15, -0.1) is 0 Å². The molecule has 1 saturated carbocycles. The summed E-state index contributed by atoms with van der Waals surface area (Å²) in [5.41, 5.74) is 0.526. The number of sulfonamides is 1. The van der Waals surface area contributed by atoms with Crippen molar-refractivity contribution in [2.45, 2.75) is 23.8 Å². The molecule has 9 nitrogen and oxygen atoms in total. The first-order valence-corrected chi connectivity index (χ1v) is 10.8. The highest BCUT2D eigenvalue weighted by Gasteiger charge is 2.27. The van der Waals surface area contributed by atoms with E-state index in [1.54, 1.807) is 19.2 Å². The maximum atomic E-state index is 12.7. The molecule has 0 spiro atoms. The first-order chi connectivity index (χ1) is 13.4. The molecule has 0 radical (unpaired) electrons. The molecule has 0 unspecified atom stereocenters. The fourth-order valence-corrected chi connectivity index (χ4v) is 4.27. The van der Waals surface area contributed by atoms with E-state index in [0.717, 1.165) is 12.8 Å². The molecule has 1 heterocycles. The van der Waals surface area contributed by atoms with Crippen molar-refractivity contribution in [1.29, 1.82) is 0 Å². The van der Waals surface area contributed by atoms with Crippen LogP contribution in [0.3, 0.4) is 0 Å². The molecule has 28 heavy (non-hydrogen) atoms. The average Bonchev–Trinajstić information content (AvgIpc) is 3.50. The van der Waals surface area contributed by atoms with Crippen LogP contribution in [0, 0.1) is 0 Å². The van der Waals surface area contributed by atoms with Gasteiger partial charge in [-0.25, -0.2) is 8.42 Å². The molecule has 1 saturated heterocycles. The van der Waals surface area contributed by atoms with Gasteiger partial charge >= 0.3 is 0 Å². The SMILES string of the molecule is CN(CC(=O)NC1CC1)C(=O)CNc1cccc(S(=O)(=O)N2CCOCC2)c1. The zero-order valence-corrected chi connectivity index (χ0v) is 16.7. The molecule has 1 aromatic rings. The predicted molar refractivity (Wildman–Crippen MR) is 103 cm³/mol. The van der Waals surface area contributed by atoms with Gasteiger partial charge in [-0.3, -0.25) is 9.59 Å². The maximum Gasteiger partial charge on any atom is 0.243 e. The minimum atomic E-state index is -3.60. The van der Waals surface area contributed by atoms with E-state index in [1.807, 2.05) is 0 Å². The van der Waals surface area contributed by atoms with Crippen LogP contribution in [-0.4, -0.2) is 81.9 Å². The van der Waals surface area contributed by atoms with E-state index in [1.165, 1.54) is 21.3 Å². The molecule has 0 bridgehead atoms. The third-order valence-corrected chi connectivity index (χ3v) is 6.53. The largest absolute Gasteiger partial charge is 0.379 e. The molecular weight excluding hydrogens is 384 g/mol. The van der Waals surface area contributed by atoms with Crippen molar-refractivity contribution in [2.75, 3.05) is 51.8 Å². The van der Waals surface area contributed by atoms with Crippen molar-refractivity contribution in [3.8, 4) is 0 Å². The first-order valence-electron chi connectivity index (χ1n) is 9.31. The predicted octanol–water partition coefficient (Wildman–Crippen LogP) is -0.144. The van der Waals surface area contributed by atoms with Crippen LogP contribution in [0.15, 0.2) is 29.2 Å². The van der Waals surface area contributed by atoms with Crippen molar-refractivity contribution in [1.82, 2.24) is 14.5 Å². The lowest BCUT2D eigenvalue weighted by Gasteiger charge is -2.26. The molecule has 2 amide bonds. The second-order valence-electron chi connectivity index (χ2n) is 6.99. The van der Waals surface area contributed by atoms with Gasteiger partial charge in [-0.1, -0.05) is 6.07 Å². The number of hydrogen-bond acceptors (Lipinski definition) is 6. The minimum absolute atomic E-state index is 0.00244. The Kier molecular flexibility index (Phi) is 6.53. The summed E-state index contributed by atoms with van der Waals surface area (Å²) in [5.74, 6) is -0.427. The van der Waals surface area contributed by atoms with Gasteiger partial charge in [-0.05, 0) is 31.0 Å². The van der Waals surface area contributed by atoms with Crippen LogP contribution >= 0.6 is 0 Å². The average molecular weight is 410 g/mol. The van der Waals surface area contributed by atoms with Gasteiger partial charge in [-0.2, -0.15) is 4.31 Å². The molecule has 1 aliphatic carbocycles. The van der Waals surface area contributed by atoms with Gasteiger partial charge in [0.2, 0.25) is 21.8 Å².